The molecule has 102 valence electrons. The smallest absolute Gasteiger partial charge is 0.126 e. The van der Waals surface area contributed by atoms with E-state index in [4.69, 9.17) is 4.74 Å². The van der Waals surface area contributed by atoms with Crippen LogP contribution in [0.5, 0.6) is 0 Å². The molecule has 1 aromatic rings. The Kier molecular flexibility index (Phi) is 6.26. The summed E-state index contributed by atoms with van der Waals surface area (Å²) in [5.41, 5.74) is 0.762. The molecule has 1 N–H and O–H groups in total. The molecule has 1 aromatic carbocycles. The summed E-state index contributed by atoms with van der Waals surface area (Å²) in [7, 11) is 1.68. The van der Waals surface area contributed by atoms with Gasteiger partial charge < -0.3 is 10.1 Å². The summed E-state index contributed by atoms with van der Waals surface area (Å²) in [5, 5.41) is 3.32. The Balaban J connectivity index is 2.55. The Morgan fingerprint density at radius 2 is 2.11 bits per heavy atom. The minimum absolute atomic E-state index is 0.00930. The van der Waals surface area contributed by atoms with Crippen molar-refractivity contribution >= 4 is 15.9 Å². The van der Waals surface area contributed by atoms with Crippen LogP contribution in [0.4, 0.5) is 4.39 Å². The van der Waals surface area contributed by atoms with Gasteiger partial charge in [0.05, 0.1) is 6.61 Å². The van der Waals surface area contributed by atoms with Crippen molar-refractivity contribution in [2.45, 2.75) is 20.3 Å². The van der Waals surface area contributed by atoms with Gasteiger partial charge in [0.2, 0.25) is 0 Å². The molecule has 4 heteroatoms. The van der Waals surface area contributed by atoms with Crippen molar-refractivity contribution in [3.63, 3.8) is 0 Å². The van der Waals surface area contributed by atoms with Gasteiger partial charge in [-0.2, -0.15) is 0 Å². The predicted octanol–water partition coefficient (Wildman–Crippen LogP) is 3.39. The summed E-state index contributed by atoms with van der Waals surface area (Å²) >= 11 is 3.38. The third-order valence-corrected chi connectivity index (χ3v) is 3.26. The van der Waals surface area contributed by atoms with Crippen LogP contribution in [0.15, 0.2) is 22.7 Å². The van der Waals surface area contributed by atoms with Gasteiger partial charge in [-0.05, 0) is 35.6 Å². The maximum Gasteiger partial charge on any atom is 0.126 e. The van der Waals surface area contributed by atoms with E-state index in [9.17, 15) is 4.39 Å². The molecule has 0 spiro atoms. The highest BCUT2D eigenvalue weighted by Crippen LogP contribution is 2.25. The van der Waals surface area contributed by atoms with Gasteiger partial charge in [0.15, 0.2) is 0 Å². The van der Waals surface area contributed by atoms with Gasteiger partial charge in [0.1, 0.15) is 5.82 Å². The van der Waals surface area contributed by atoms with Crippen LogP contribution < -0.4 is 5.32 Å². The first-order chi connectivity index (χ1) is 8.44. The molecular formula is C14H21BrFNO. The molecule has 0 aliphatic rings. The largest absolute Gasteiger partial charge is 0.383 e. The molecule has 0 radical (unpaired) electrons. The molecule has 1 rings (SSSR count). The summed E-state index contributed by atoms with van der Waals surface area (Å²) in [4.78, 5) is 0. The fourth-order valence-corrected chi connectivity index (χ4v) is 2.27. The summed E-state index contributed by atoms with van der Waals surface area (Å²) < 4.78 is 19.6. The Bertz CT molecular complexity index is 382. The van der Waals surface area contributed by atoms with Crippen molar-refractivity contribution in [2.24, 2.45) is 5.41 Å². The van der Waals surface area contributed by atoms with Crippen LogP contribution >= 0.6 is 15.9 Å². The number of benzene rings is 1. The molecule has 0 aromatic heterocycles. The van der Waals surface area contributed by atoms with Crippen molar-refractivity contribution in [2.75, 3.05) is 26.8 Å². The fourth-order valence-electron chi connectivity index (χ4n) is 1.86. The fraction of sp³-hybridized carbons (Fsp3) is 0.571. The minimum atomic E-state index is -0.136. The lowest BCUT2D eigenvalue weighted by molar-refractivity contribution is 0.194. The van der Waals surface area contributed by atoms with Crippen LogP contribution in [-0.2, 0) is 11.2 Å². The Hall–Kier alpha value is -0.450. The Labute approximate surface area is 117 Å². The number of halogens is 2. The second kappa shape index (κ2) is 7.22. The summed E-state index contributed by atoms with van der Waals surface area (Å²) in [6, 6.07) is 5.09. The van der Waals surface area contributed by atoms with Crippen molar-refractivity contribution in [1.82, 2.24) is 5.32 Å². The van der Waals surface area contributed by atoms with E-state index in [0.29, 0.717) is 13.0 Å². The van der Waals surface area contributed by atoms with E-state index in [1.165, 1.54) is 6.07 Å². The number of methoxy groups -OCH3 is 1. The maximum atomic E-state index is 13.7. The third kappa shape index (κ3) is 5.46. The molecule has 0 heterocycles. The molecule has 0 fully saturated rings. The van der Waals surface area contributed by atoms with E-state index in [1.807, 2.05) is 6.07 Å². The highest BCUT2D eigenvalue weighted by Gasteiger charge is 2.20. The van der Waals surface area contributed by atoms with Gasteiger partial charge in [-0.15, -0.1) is 0 Å². The lowest BCUT2D eigenvalue weighted by atomic mass is 9.85. The van der Waals surface area contributed by atoms with Crippen molar-refractivity contribution in [3.8, 4) is 0 Å². The number of hydrogen-bond donors (Lipinski definition) is 1. The van der Waals surface area contributed by atoms with E-state index in [1.54, 1.807) is 13.2 Å². The van der Waals surface area contributed by atoms with E-state index < -0.39 is 0 Å². The summed E-state index contributed by atoms with van der Waals surface area (Å²) in [6.07, 6.45) is 0.707. The van der Waals surface area contributed by atoms with Gasteiger partial charge in [0.25, 0.3) is 0 Å². The van der Waals surface area contributed by atoms with Crippen LogP contribution in [0.1, 0.15) is 19.4 Å². The molecule has 0 aliphatic carbocycles. The Morgan fingerprint density at radius 3 is 2.78 bits per heavy atom. The van der Waals surface area contributed by atoms with E-state index in [-0.39, 0.29) is 11.2 Å². The molecule has 2 nitrogen and oxygen atoms in total. The first kappa shape index (κ1) is 15.6. The molecule has 0 atom stereocenters. The zero-order valence-corrected chi connectivity index (χ0v) is 12.8. The Morgan fingerprint density at radius 1 is 1.39 bits per heavy atom. The number of hydrogen-bond acceptors (Lipinski definition) is 2. The number of nitrogens with one attached hydrogen (secondary N) is 1. The molecule has 0 unspecified atom stereocenters. The molecule has 18 heavy (non-hydrogen) atoms. The predicted molar refractivity (Wildman–Crippen MR) is 76.3 cm³/mol. The summed E-state index contributed by atoms with van der Waals surface area (Å²) in [6.45, 7) is 6.62. The van der Waals surface area contributed by atoms with Gasteiger partial charge in [-0.25, -0.2) is 4.39 Å². The zero-order valence-electron chi connectivity index (χ0n) is 11.2. The standard InChI is InChI=1S/C14H21BrFNO/c1-14(2,10-17-6-7-18-3)9-11-8-12(15)4-5-13(11)16/h4-5,8,17H,6-7,9-10H2,1-3H3. The van der Waals surface area contributed by atoms with Gasteiger partial charge in [0, 0.05) is 24.7 Å². The zero-order chi connectivity index (χ0) is 13.6. The van der Waals surface area contributed by atoms with Crippen molar-refractivity contribution in [1.29, 1.82) is 0 Å². The third-order valence-electron chi connectivity index (χ3n) is 2.76. The second-order valence-electron chi connectivity index (χ2n) is 5.25. The number of rotatable bonds is 7. The highest BCUT2D eigenvalue weighted by molar-refractivity contribution is 9.10. The van der Waals surface area contributed by atoms with Crippen LogP contribution in [0.2, 0.25) is 0 Å². The number of ether oxygens (including phenoxy) is 1. The highest BCUT2D eigenvalue weighted by atomic mass is 79.9. The molecule has 0 amide bonds. The van der Waals surface area contributed by atoms with E-state index in [0.717, 1.165) is 23.1 Å². The maximum absolute atomic E-state index is 13.7. The first-order valence-electron chi connectivity index (χ1n) is 6.08. The SMILES string of the molecule is COCCNCC(C)(C)Cc1cc(Br)ccc1F. The molecule has 0 saturated carbocycles. The van der Waals surface area contributed by atoms with Crippen LogP contribution in [-0.4, -0.2) is 26.8 Å². The van der Waals surface area contributed by atoms with Crippen molar-refractivity contribution < 1.29 is 9.13 Å². The molecular weight excluding hydrogens is 297 g/mol. The van der Waals surface area contributed by atoms with Gasteiger partial charge >= 0.3 is 0 Å². The van der Waals surface area contributed by atoms with Gasteiger partial charge in [-0.3, -0.25) is 0 Å². The lowest BCUT2D eigenvalue weighted by Crippen LogP contribution is -2.33. The van der Waals surface area contributed by atoms with Crippen molar-refractivity contribution in [3.05, 3.63) is 34.1 Å². The quantitative estimate of drug-likeness (QED) is 0.778. The van der Waals surface area contributed by atoms with Crippen LogP contribution in [0, 0.1) is 11.2 Å². The van der Waals surface area contributed by atoms with Gasteiger partial charge in [-0.1, -0.05) is 29.8 Å². The molecule has 0 aliphatic heterocycles. The van der Waals surface area contributed by atoms with E-state index >= 15 is 0 Å². The lowest BCUT2D eigenvalue weighted by Gasteiger charge is -2.25. The van der Waals surface area contributed by atoms with Crippen LogP contribution in [0.3, 0.4) is 0 Å². The first-order valence-corrected chi connectivity index (χ1v) is 6.87. The topological polar surface area (TPSA) is 21.3 Å². The second-order valence-corrected chi connectivity index (χ2v) is 6.16. The molecule has 0 saturated heterocycles. The monoisotopic (exact) mass is 317 g/mol. The molecule has 0 bridgehead atoms. The van der Waals surface area contributed by atoms with Crippen LogP contribution in [0.25, 0.3) is 0 Å². The average molecular weight is 318 g/mol. The average Bonchev–Trinajstić information content (AvgIpc) is 2.29. The minimum Gasteiger partial charge on any atom is -0.383 e. The normalized spacial score (nSPS) is 11.8. The van der Waals surface area contributed by atoms with E-state index in [2.05, 4.69) is 35.1 Å². The summed E-state index contributed by atoms with van der Waals surface area (Å²) in [5.74, 6) is -0.136.